The van der Waals surface area contributed by atoms with Crippen LogP contribution in [0.25, 0.3) is 0 Å². The van der Waals surface area contributed by atoms with E-state index in [0.717, 1.165) is 5.69 Å². The van der Waals surface area contributed by atoms with E-state index in [2.05, 4.69) is 4.98 Å². The van der Waals surface area contributed by atoms with E-state index in [1.807, 2.05) is 19.9 Å². The fourth-order valence-corrected chi connectivity index (χ4v) is 2.42. The number of rotatable bonds is 2. The Hall–Kier alpha value is -1.09. The SMILES string of the molecule is CC1(C)[C@H](C(=O)O)[C@H]1c1cccc(Cl)n1. The van der Waals surface area contributed by atoms with Gasteiger partial charge in [-0.2, -0.15) is 0 Å². The van der Waals surface area contributed by atoms with E-state index in [9.17, 15) is 4.79 Å². The normalized spacial score (nSPS) is 27.4. The Morgan fingerprint density at radius 1 is 1.53 bits per heavy atom. The molecule has 2 atom stereocenters. The summed E-state index contributed by atoms with van der Waals surface area (Å²) < 4.78 is 0. The minimum atomic E-state index is -0.758. The summed E-state index contributed by atoms with van der Waals surface area (Å²) in [6.07, 6.45) is 0. The van der Waals surface area contributed by atoms with Crippen molar-refractivity contribution in [2.75, 3.05) is 0 Å². The molecular weight excluding hydrogens is 214 g/mol. The highest BCUT2D eigenvalue weighted by atomic mass is 35.5. The lowest BCUT2D eigenvalue weighted by Crippen LogP contribution is -2.03. The van der Waals surface area contributed by atoms with Crippen molar-refractivity contribution in [2.45, 2.75) is 19.8 Å². The monoisotopic (exact) mass is 225 g/mol. The number of carboxylic acid groups (broad SMARTS) is 1. The van der Waals surface area contributed by atoms with Crippen LogP contribution in [0.4, 0.5) is 0 Å². The van der Waals surface area contributed by atoms with Crippen LogP contribution in [-0.2, 0) is 4.79 Å². The summed E-state index contributed by atoms with van der Waals surface area (Å²) >= 11 is 5.78. The van der Waals surface area contributed by atoms with Crippen LogP contribution in [0.3, 0.4) is 0 Å². The maximum atomic E-state index is 11.0. The summed E-state index contributed by atoms with van der Waals surface area (Å²) in [4.78, 5) is 15.2. The number of aliphatic carboxylic acids is 1. The first-order chi connectivity index (χ1) is 6.94. The summed E-state index contributed by atoms with van der Waals surface area (Å²) in [7, 11) is 0. The van der Waals surface area contributed by atoms with Gasteiger partial charge in [0, 0.05) is 11.6 Å². The molecule has 0 bridgehead atoms. The largest absolute Gasteiger partial charge is 0.481 e. The van der Waals surface area contributed by atoms with Gasteiger partial charge in [-0.3, -0.25) is 4.79 Å². The molecule has 15 heavy (non-hydrogen) atoms. The average Bonchev–Trinajstić information content (AvgIpc) is 2.69. The Balaban J connectivity index is 2.31. The number of hydrogen-bond acceptors (Lipinski definition) is 2. The van der Waals surface area contributed by atoms with Gasteiger partial charge in [0.15, 0.2) is 0 Å². The van der Waals surface area contributed by atoms with Gasteiger partial charge in [0.1, 0.15) is 5.15 Å². The van der Waals surface area contributed by atoms with Crippen LogP contribution < -0.4 is 0 Å². The lowest BCUT2D eigenvalue weighted by molar-refractivity contribution is -0.139. The smallest absolute Gasteiger partial charge is 0.307 e. The summed E-state index contributed by atoms with van der Waals surface area (Å²) in [5.74, 6) is -1.12. The van der Waals surface area contributed by atoms with E-state index < -0.39 is 5.97 Å². The number of nitrogens with zero attached hydrogens (tertiary/aromatic N) is 1. The molecule has 2 rings (SSSR count). The van der Waals surface area contributed by atoms with Gasteiger partial charge in [0.05, 0.1) is 5.92 Å². The molecule has 0 aliphatic heterocycles. The third-order valence-corrected chi connectivity index (χ3v) is 3.36. The van der Waals surface area contributed by atoms with E-state index in [-0.39, 0.29) is 17.3 Å². The number of hydrogen-bond donors (Lipinski definition) is 1. The molecule has 1 N–H and O–H groups in total. The van der Waals surface area contributed by atoms with Crippen LogP contribution in [0.2, 0.25) is 5.15 Å². The first-order valence-electron chi connectivity index (χ1n) is 4.80. The van der Waals surface area contributed by atoms with Crippen molar-refractivity contribution in [3.8, 4) is 0 Å². The molecule has 0 amide bonds. The molecule has 3 nitrogen and oxygen atoms in total. The van der Waals surface area contributed by atoms with Crippen LogP contribution >= 0.6 is 11.6 Å². The molecule has 1 saturated carbocycles. The van der Waals surface area contributed by atoms with Gasteiger partial charge in [-0.15, -0.1) is 0 Å². The third kappa shape index (κ3) is 1.61. The second-order valence-corrected chi connectivity index (χ2v) is 4.89. The maximum absolute atomic E-state index is 11.0. The fourth-order valence-electron chi connectivity index (χ4n) is 2.25. The highest BCUT2D eigenvalue weighted by Gasteiger charge is 2.63. The molecule has 1 aromatic rings. The Morgan fingerprint density at radius 3 is 2.67 bits per heavy atom. The van der Waals surface area contributed by atoms with Crippen molar-refractivity contribution in [1.29, 1.82) is 0 Å². The number of carboxylic acids is 1. The summed E-state index contributed by atoms with van der Waals surface area (Å²) in [5, 5.41) is 9.45. The standard InChI is InChI=1S/C11H12ClNO2/c1-11(2)8(9(11)10(14)15)6-4-3-5-7(12)13-6/h3-5,8-9H,1-2H3,(H,14,15)/t8-,9+/m1/s1. The molecule has 0 aromatic carbocycles. The zero-order valence-corrected chi connectivity index (χ0v) is 9.32. The molecule has 1 heterocycles. The quantitative estimate of drug-likeness (QED) is 0.787. The van der Waals surface area contributed by atoms with Crippen molar-refractivity contribution in [1.82, 2.24) is 4.98 Å². The first-order valence-corrected chi connectivity index (χ1v) is 5.17. The number of aromatic nitrogens is 1. The second kappa shape index (κ2) is 3.20. The van der Waals surface area contributed by atoms with E-state index in [1.165, 1.54) is 0 Å². The van der Waals surface area contributed by atoms with Crippen LogP contribution in [0.5, 0.6) is 0 Å². The van der Waals surface area contributed by atoms with Gasteiger partial charge in [-0.05, 0) is 17.5 Å². The minimum absolute atomic E-state index is 0.0197. The van der Waals surface area contributed by atoms with E-state index in [0.29, 0.717) is 5.15 Å². The third-order valence-electron chi connectivity index (χ3n) is 3.15. The van der Waals surface area contributed by atoms with Crippen LogP contribution in [0.1, 0.15) is 25.5 Å². The summed E-state index contributed by atoms with van der Waals surface area (Å²) in [6.45, 7) is 3.89. The molecule has 1 aliphatic rings. The van der Waals surface area contributed by atoms with Crippen molar-refractivity contribution < 1.29 is 9.90 Å². The van der Waals surface area contributed by atoms with E-state index >= 15 is 0 Å². The van der Waals surface area contributed by atoms with E-state index in [1.54, 1.807) is 12.1 Å². The topological polar surface area (TPSA) is 50.2 Å². The van der Waals surface area contributed by atoms with Gasteiger partial charge in [0.2, 0.25) is 0 Å². The van der Waals surface area contributed by atoms with Crippen molar-refractivity contribution in [3.05, 3.63) is 29.0 Å². The lowest BCUT2D eigenvalue weighted by atomic mass is 10.1. The molecule has 0 spiro atoms. The highest BCUT2D eigenvalue weighted by Crippen LogP contribution is 2.64. The van der Waals surface area contributed by atoms with Gasteiger partial charge in [0.25, 0.3) is 0 Å². The average molecular weight is 226 g/mol. The highest BCUT2D eigenvalue weighted by molar-refractivity contribution is 6.29. The predicted molar refractivity (Wildman–Crippen MR) is 56.9 cm³/mol. The lowest BCUT2D eigenvalue weighted by Gasteiger charge is -2.01. The summed E-state index contributed by atoms with van der Waals surface area (Å²) in [6, 6.07) is 5.33. The fraction of sp³-hybridized carbons (Fsp3) is 0.455. The van der Waals surface area contributed by atoms with Crippen LogP contribution in [-0.4, -0.2) is 16.1 Å². The maximum Gasteiger partial charge on any atom is 0.307 e. The van der Waals surface area contributed by atoms with Crippen LogP contribution in [0.15, 0.2) is 18.2 Å². The van der Waals surface area contributed by atoms with Crippen LogP contribution in [0, 0.1) is 11.3 Å². The Bertz CT molecular complexity index is 417. The second-order valence-electron chi connectivity index (χ2n) is 4.50. The molecule has 1 fully saturated rings. The molecule has 80 valence electrons. The zero-order valence-electron chi connectivity index (χ0n) is 8.57. The Labute approximate surface area is 93.1 Å². The molecule has 0 saturated heterocycles. The molecular formula is C11H12ClNO2. The van der Waals surface area contributed by atoms with Crippen molar-refractivity contribution in [3.63, 3.8) is 0 Å². The molecule has 0 unspecified atom stereocenters. The Morgan fingerprint density at radius 2 is 2.20 bits per heavy atom. The number of halogens is 1. The zero-order chi connectivity index (χ0) is 11.2. The molecule has 1 aliphatic carbocycles. The number of carbonyl (C=O) groups is 1. The predicted octanol–water partition coefficient (Wildman–Crippen LogP) is 2.56. The minimum Gasteiger partial charge on any atom is -0.481 e. The van der Waals surface area contributed by atoms with Gasteiger partial charge in [-0.1, -0.05) is 31.5 Å². The molecule has 4 heteroatoms. The van der Waals surface area contributed by atoms with Crippen molar-refractivity contribution in [2.24, 2.45) is 11.3 Å². The Kier molecular flexibility index (Phi) is 2.23. The van der Waals surface area contributed by atoms with Gasteiger partial charge in [-0.25, -0.2) is 4.98 Å². The summed E-state index contributed by atoms with van der Waals surface area (Å²) in [5.41, 5.74) is 0.559. The van der Waals surface area contributed by atoms with E-state index in [4.69, 9.17) is 16.7 Å². The molecule has 0 radical (unpaired) electrons. The molecule has 1 aromatic heterocycles. The van der Waals surface area contributed by atoms with Crippen molar-refractivity contribution >= 4 is 17.6 Å². The number of pyridine rings is 1. The van der Waals surface area contributed by atoms with Gasteiger partial charge < -0.3 is 5.11 Å². The first kappa shape index (κ1) is 10.4. The van der Waals surface area contributed by atoms with Gasteiger partial charge >= 0.3 is 5.97 Å².